The van der Waals surface area contributed by atoms with E-state index in [1.54, 1.807) is 0 Å². The number of hydrogen-bond donors (Lipinski definition) is 1. The van der Waals surface area contributed by atoms with Crippen molar-refractivity contribution in [1.29, 1.82) is 0 Å². The lowest BCUT2D eigenvalue weighted by Crippen LogP contribution is -2.36. The molecule has 1 amide bonds. The number of nitrogens with one attached hydrogen (secondary N) is 1. The summed E-state index contributed by atoms with van der Waals surface area (Å²) in [5, 5.41) is 3.06. The molecule has 4 nitrogen and oxygen atoms in total. The molecule has 0 aromatic heterocycles. The normalized spacial score (nSPS) is 16.5. The third-order valence-electron chi connectivity index (χ3n) is 4.27. The second kappa shape index (κ2) is 8.79. The van der Waals surface area contributed by atoms with E-state index in [1.807, 2.05) is 24.3 Å². The SMILES string of the molecule is CCCCOc1ccc(C(=O)NCC2CCN(C)CC2)cc1. The number of likely N-dealkylation sites (tertiary alicyclic amines) is 1. The number of rotatable bonds is 7. The average Bonchev–Trinajstić information content (AvgIpc) is 2.55. The number of unbranched alkanes of at least 4 members (excludes halogenated alkanes) is 1. The molecule has 22 heavy (non-hydrogen) atoms. The van der Waals surface area contributed by atoms with Gasteiger partial charge in [-0.25, -0.2) is 0 Å². The van der Waals surface area contributed by atoms with Gasteiger partial charge in [0.1, 0.15) is 5.75 Å². The highest BCUT2D eigenvalue weighted by atomic mass is 16.5. The molecule has 1 aliphatic heterocycles. The number of ether oxygens (including phenoxy) is 1. The summed E-state index contributed by atoms with van der Waals surface area (Å²) in [5.74, 6) is 1.45. The van der Waals surface area contributed by atoms with Crippen LogP contribution in [0.3, 0.4) is 0 Å². The summed E-state index contributed by atoms with van der Waals surface area (Å²) in [6, 6.07) is 7.43. The van der Waals surface area contributed by atoms with Crippen molar-refractivity contribution in [3.8, 4) is 5.75 Å². The molecule has 0 spiro atoms. The number of carbonyl (C=O) groups is 1. The van der Waals surface area contributed by atoms with Gasteiger partial charge in [0.2, 0.25) is 0 Å². The van der Waals surface area contributed by atoms with Crippen molar-refractivity contribution in [1.82, 2.24) is 10.2 Å². The van der Waals surface area contributed by atoms with Gasteiger partial charge in [-0.3, -0.25) is 4.79 Å². The Morgan fingerprint density at radius 2 is 1.95 bits per heavy atom. The van der Waals surface area contributed by atoms with Crippen molar-refractivity contribution in [2.45, 2.75) is 32.6 Å². The van der Waals surface area contributed by atoms with Crippen LogP contribution in [0.5, 0.6) is 5.75 Å². The first kappa shape index (κ1) is 16.8. The Hall–Kier alpha value is -1.55. The van der Waals surface area contributed by atoms with Crippen molar-refractivity contribution in [2.75, 3.05) is 33.3 Å². The lowest BCUT2D eigenvalue weighted by atomic mass is 9.97. The minimum atomic E-state index is 0.0130. The molecule has 0 atom stereocenters. The number of piperidine rings is 1. The number of amides is 1. The molecule has 1 heterocycles. The van der Waals surface area contributed by atoms with Crippen LogP contribution in [0.2, 0.25) is 0 Å². The molecular formula is C18H28N2O2. The average molecular weight is 304 g/mol. The lowest BCUT2D eigenvalue weighted by Gasteiger charge is -2.28. The molecule has 0 unspecified atom stereocenters. The second-order valence-corrected chi connectivity index (χ2v) is 6.18. The van der Waals surface area contributed by atoms with Crippen molar-refractivity contribution >= 4 is 5.91 Å². The monoisotopic (exact) mass is 304 g/mol. The van der Waals surface area contributed by atoms with E-state index in [4.69, 9.17) is 4.74 Å². The van der Waals surface area contributed by atoms with E-state index in [0.717, 1.165) is 44.8 Å². The summed E-state index contributed by atoms with van der Waals surface area (Å²) < 4.78 is 5.61. The Balaban J connectivity index is 1.75. The zero-order chi connectivity index (χ0) is 15.8. The first-order valence-corrected chi connectivity index (χ1v) is 8.38. The van der Waals surface area contributed by atoms with Gasteiger partial charge < -0.3 is 15.0 Å². The van der Waals surface area contributed by atoms with Gasteiger partial charge in [-0.05, 0) is 69.6 Å². The fourth-order valence-corrected chi connectivity index (χ4v) is 2.64. The highest BCUT2D eigenvalue weighted by Gasteiger charge is 2.17. The second-order valence-electron chi connectivity index (χ2n) is 6.18. The van der Waals surface area contributed by atoms with Gasteiger partial charge in [0.15, 0.2) is 0 Å². The summed E-state index contributed by atoms with van der Waals surface area (Å²) in [7, 11) is 2.15. The highest BCUT2D eigenvalue weighted by molar-refractivity contribution is 5.94. The maximum absolute atomic E-state index is 12.2. The molecule has 0 saturated carbocycles. The standard InChI is InChI=1S/C18H28N2O2/c1-3-4-13-22-17-7-5-16(6-8-17)18(21)19-14-15-9-11-20(2)12-10-15/h5-8,15H,3-4,9-14H2,1-2H3,(H,19,21). The van der Waals surface area contributed by atoms with E-state index >= 15 is 0 Å². The number of hydrogen-bond acceptors (Lipinski definition) is 3. The Kier molecular flexibility index (Phi) is 6.72. The molecular weight excluding hydrogens is 276 g/mol. The summed E-state index contributed by atoms with van der Waals surface area (Å²) in [4.78, 5) is 14.5. The van der Waals surface area contributed by atoms with E-state index in [9.17, 15) is 4.79 Å². The summed E-state index contributed by atoms with van der Waals surface area (Å²) >= 11 is 0. The van der Waals surface area contributed by atoms with Crippen LogP contribution in [0.15, 0.2) is 24.3 Å². The molecule has 1 saturated heterocycles. The van der Waals surface area contributed by atoms with Gasteiger partial charge in [-0.15, -0.1) is 0 Å². The Labute approximate surface area is 133 Å². The zero-order valence-electron chi connectivity index (χ0n) is 13.8. The number of carbonyl (C=O) groups excluding carboxylic acids is 1. The van der Waals surface area contributed by atoms with Crippen molar-refractivity contribution in [3.05, 3.63) is 29.8 Å². The molecule has 0 bridgehead atoms. The quantitative estimate of drug-likeness (QED) is 0.788. The van der Waals surface area contributed by atoms with Gasteiger partial charge in [-0.2, -0.15) is 0 Å². The van der Waals surface area contributed by atoms with Crippen molar-refractivity contribution < 1.29 is 9.53 Å². The van der Waals surface area contributed by atoms with Crippen LogP contribution in [-0.2, 0) is 0 Å². The zero-order valence-corrected chi connectivity index (χ0v) is 13.8. The third-order valence-corrected chi connectivity index (χ3v) is 4.27. The van der Waals surface area contributed by atoms with Crippen molar-refractivity contribution in [2.24, 2.45) is 5.92 Å². The Bertz CT molecular complexity index is 451. The summed E-state index contributed by atoms with van der Waals surface area (Å²) in [6.07, 6.45) is 4.51. The maximum Gasteiger partial charge on any atom is 0.251 e. The molecule has 0 aliphatic carbocycles. The number of benzene rings is 1. The molecule has 0 radical (unpaired) electrons. The largest absolute Gasteiger partial charge is 0.494 e. The topological polar surface area (TPSA) is 41.6 Å². The van der Waals surface area contributed by atoms with Crippen LogP contribution < -0.4 is 10.1 Å². The van der Waals surface area contributed by atoms with E-state index in [1.165, 1.54) is 12.8 Å². The van der Waals surface area contributed by atoms with Crippen LogP contribution in [0.1, 0.15) is 43.0 Å². The predicted octanol–water partition coefficient (Wildman–Crippen LogP) is 2.94. The van der Waals surface area contributed by atoms with Gasteiger partial charge in [0.25, 0.3) is 5.91 Å². The summed E-state index contributed by atoms with van der Waals surface area (Å²) in [6.45, 7) is 5.91. The molecule has 4 heteroatoms. The van der Waals surface area contributed by atoms with Crippen LogP contribution in [0.4, 0.5) is 0 Å². The van der Waals surface area contributed by atoms with Crippen LogP contribution in [0.25, 0.3) is 0 Å². The van der Waals surface area contributed by atoms with Gasteiger partial charge in [0, 0.05) is 12.1 Å². The third kappa shape index (κ3) is 5.34. The molecule has 122 valence electrons. The predicted molar refractivity (Wildman–Crippen MR) is 89.4 cm³/mol. The Morgan fingerprint density at radius 1 is 1.27 bits per heavy atom. The van der Waals surface area contributed by atoms with Gasteiger partial charge in [-0.1, -0.05) is 13.3 Å². The molecule has 1 aliphatic rings. The van der Waals surface area contributed by atoms with E-state index in [-0.39, 0.29) is 5.91 Å². The van der Waals surface area contributed by atoms with Crippen molar-refractivity contribution in [3.63, 3.8) is 0 Å². The number of nitrogens with zero attached hydrogens (tertiary/aromatic N) is 1. The van der Waals surface area contributed by atoms with Gasteiger partial charge in [0.05, 0.1) is 6.61 Å². The lowest BCUT2D eigenvalue weighted by molar-refractivity contribution is 0.0939. The molecule has 1 aromatic rings. The highest BCUT2D eigenvalue weighted by Crippen LogP contribution is 2.16. The first-order chi connectivity index (χ1) is 10.7. The fraction of sp³-hybridized carbons (Fsp3) is 0.611. The van der Waals surface area contributed by atoms with Gasteiger partial charge >= 0.3 is 0 Å². The fourth-order valence-electron chi connectivity index (χ4n) is 2.64. The van der Waals surface area contributed by atoms with Crippen LogP contribution in [0, 0.1) is 5.92 Å². The van der Waals surface area contributed by atoms with E-state index < -0.39 is 0 Å². The molecule has 2 rings (SSSR count). The molecule has 1 fully saturated rings. The minimum Gasteiger partial charge on any atom is -0.494 e. The Morgan fingerprint density at radius 3 is 2.59 bits per heavy atom. The molecule has 1 N–H and O–H groups in total. The summed E-state index contributed by atoms with van der Waals surface area (Å²) in [5.41, 5.74) is 0.704. The maximum atomic E-state index is 12.2. The smallest absolute Gasteiger partial charge is 0.251 e. The minimum absolute atomic E-state index is 0.0130. The van der Waals surface area contributed by atoms with Crippen LogP contribution in [-0.4, -0.2) is 44.1 Å². The van der Waals surface area contributed by atoms with Crippen LogP contribution >= 0.6 is 0 Å². The van der Waals surface area contributed by atoms with E-state index in [0.29, 0.717) is 11.5 Å². The first-order valence-electron chi connectivity index (χ1n) is 8.38. The van der Waals surface area contributed by atoms with E-state index in [2.05, 4.69) is 24.2 Å². The molecule has 1 aromatic carbocycles.